The van der Waals surface area contributed by atoms with E-state index in [0.717, 1.165) is 6.42 Å². The maximum atomic E-state index is 11.5. The summed E-state index contributed by atoms with van der Waals surface area (Å²) in [5.74, 6) is -0.0513. The van der Waals surface area contributed by atoms with Crippen LogP contribution < -0.4 is 5.32 Å². The highest BCUT2D eigenvalue weighted by Gasteiger charge is 2.30. The van der Waals surface area contributed by atoms with Crippen LogP contribution in [0.15, 0.2) is 0 Å². The molecule has 0 saturated carbocycles. The molecular formula is C9H17NO3. The first-order valence-electron chi connectivity index (χ1n) is 4.68. The number of ether oxygens (including phenoxy) is 1. The molecule has 1 fully saturated rings. The van der Waals surface area contributed by atoms with E-state index in [1.165, 1.54) is 0 Å². The van der Waals surface area contributed by atoms with Crippen molar-refractivity contribution in [1.29, 1.82) is 0 Å². The lowest BCUT2D eigenvalue weighted by Crippen LogP contribution is -2.37. The van der Waals surface area contributed by atoms with Crippen LogP contribution in [0.1, 0.15) is 20.3 Å². The van der Waals surface area contributed by atoms with Crippen molar-refractivity contribution in [2.45, 2.75) is 32.5 Å². The lowest BCUT2D eigenvalue weighted by Gasteiger charge is -2.14. The van der Waals surface area contributed by atoms with Crippen LogP contribution in [-0.4, -0.2) is 36.4 Å². The van der Waals surface area contributed by atoms with Crippen molar-refractivity contribution in [3.8, 4) is 0 Å². The van der Waals surface area contributed by atoms with Crippen molar-refractivity contribution in [2.24, 2.45) is 5.92 Å². The molecular weight excluding hydrogens is 170 g/mol. The molecule has 76 valence electrons. The number of amides is 1. The number of carbonyl (C=O) groups is 1. The van der Waals surface area contributed by atoms with Gasteiger partial charge in [-0.2, -0.15) is 0 Å². The minimum absolute atomic E-state index is 0.00833. The third-order valence-electron chi connectivity index (χ3n) is 2.28. The lowest BCUT2D eigenvalue weighted by molar-refractivity contribution is -0.126. The summed E-state index contributed by atoms with van der Waals surface area (Å²) >= 11 is 0. The zero-order valence-corrected chi connectivity index (χ0v) is 8.12. The van der Waals surface area contributed by atoms with Crippen molar-refractivity contribution in [2.75, 3.05) is 13.2 Å². The summed E-state index contributed by atoms with van der Waals surface area (Å²) in [4.78, 5) is 11.5. The first-order valence-corrected chi connectivity index (χ1v) is 4.68. The van der Waals surface area contributed by atoms with Gasteiger partial charge in [-0.25, -0.2) is 0 Å². The van der Waals surface area contributed by atoms with Crippen molar-refractivity contribution in [1.82, 2.24) is 5.32 Å². The Morgan fingerprint density at radius 2 is 2.46 bits per heavy atom. The fourth-order valence-corrected chi connectivity index (χ4v) is 1.46. The molecule has 13 heavy (non-hydrogen) atoms. The topological polar surface area (TPSA) is 58.6 Å². The van der Waals surface area contributed by atoms with Gasteiger partial charge in [-0.05, 0) is 20.3 Å². The molecule has 0 aliphatic carbocycles. The summed E-state index contributed by atoms with van der Waals surface area (Å²) in [6.07, 6.45) is 0.308. The molecule has 4 nitrogen and oxygen atoms in total. The van der Waals surface area contributed by atoms with E-state index in [9.17, 15) is 4.79 Å². The van der Waals surface area contributed by atoms with E-state index in [2.05, 4.69) is 5.32 Å². The molecule has 4 heteroatoms. The predicted octanol–water partition coefficient (Wildman–Crippen LogP) is -0.0916. The summed E-state index contributed by atoms with van der Waals surface area (Å²) in [5.41, 5.74) is 0. The molecule has 1 rings (SSSR count). The molecule has 1 aliphatic heterocycles. The highest BCUT2D eigenvalue weighted by atomic mass is 16.5. The molecule has 0 bridgehead atoms. The molecule has 1 aliphatic rings. The number of nitrogens with one attached hydrogen (secondary N) is 1. The summed E-state index contributed by atoms with van der Waals surface area (Å²) in [6.45, 7) is 4.53. The largest absolute Gasteiger partial charge is 0.392 e. The van der Waals surface area contributed by atoms with E-state index in [0.29, 0.717) is 13.2 Å². The highest BCUT2D eigenvalue weighted by molar-refractivity contribution is 5.79. The Morgan fingerprint density at radius 1 is 1.77 bits per heavy atom. The van der Waals surface area contributed by atoms with Gasteiger partial charge >= 0.3 is 0 Å². The maximum Gasteiger partial charge on any atom is 0.225 e. The Balaban J connectivity index is 2.30. The number of hydrogen-bond acceptors (Lipinski definition) is 3. The molecule has 1 heterocycles. The Bertz CT molecular complexity index is 182. The van der Waals surface area contributed by atoms with E-state index >= 15 is 0 Å². The molecule has 1 amide bonds. The molecule has 0 aromatic rings. The lowest BCUT2D eigenvalue weighted by atomic mass is 10.0. The number of hydrogen-bond donors (Lipinski definition) is 2. The van der Waals surface area contributed by atoms with Gasteiger partial charge in [0, 0.05) is 13.2 Å². The van der Waals surface area contributed by atoms with Crippen molar-refractivity contribution < 1.29 is 14.6 Å². The van der Waals surface area contributed by atoms with E-state index in [1.54, 1.807) is 6.92 Å². The highest BCUT2D eigenvalue weighted by Crippen LogP contribution is 2.20. The van der Waals surface area contributed by atoms with Crippen LogP contribution in [0.4, 0.5) is 0 Å². The summed E-state index contributed by atoms with van der Waals surface area (Å²) < 4.78 is 5.27. The van der Waals surface area contributed by atoms with Gasteiger partial charge in [-0.3, -0.25) is 4.79 Å². The predicted molar refractivity (Wildman–Crippen MR) is 48.2 cm³/mol. The zero-order chi connectivity index (χ0) is 9.84. The van der Waals surface area contributed by atoms with Crippen LogP contribution in [0, 0.1) is 5.92 Å². The van der Waals surface area contributed by atoms with E-state index < -0.39 is 6.10 Å². The van der Waals surface area contributed by atoms with Gasteiger partial charge < -0.3 is 15.2 Å². The van der Waals surface area contributed by atoms with Gasteiger partial charge in [0.25, 0.3) is 0 Å². The second kappa shape index (κ2) is 4.58. The first-order chi connectivity index (χ1) is 6.11. The Kier molecular flexibility index (Phi) is 3.69. The van der Waals surface area contributed by atoms with Crippen LogP contribution in [-0.2, 0) is 9.53 Å². The molecule has 0 spiro atoms. The van der Waals surface area contributed by atoms with Gasteiger partial charge in [0.2, 0.25) is 5.91 Å². The molecule has 2 unspecified atom stereocenters. The number of aliphatic hydroxyl groups excluding tert-OH is 1. The molecule has 0 radical (unpaired) electrons. The molecule has 0 aromatic heterocycles. The van der Waals surface area contributed by atoms with Crippen molar-refractivity contribution in [3.63, 3.8) is 0 Å². The smallest absolute Gasteiger partial charge is 0.225 e. The monoisotopic (exact) mass is 187 g/mol. The van der Waals surface area contributed by atoms with E-state index in [1.807, 2.05) is 6.92 Å². The molecule has 2 N–H and O–H groups in total. The van der Waals surface area contributed by atoms with Crippen LogP contribution in [0.25, 0.3) is 0 Å². The van der Waals surface area contributed by atoms with Crippen molar-refractivity contribution in [3.05, 3.63) is 0 Å². The number of aliphatic hydroxyl groups is 1. The maximum absolute atomic E-state index is 11.5. The fraction of sp³-hybridized carbons (Fsp3) is 0.889. The van der Waals surface area contributed by atoms with Crippen LogP contribution >= 0.6 is 0 Å². The van der Waals surface area contributed by atoms with E-state index in [-0.39, 0.29) is 17.9 Å². The zero-order valence-electron chi connectivity index (χ0n) is 8.12. The SMILES string of the molecule is CC1OCCC1C(=O)NC[C@H](C)O. The average molecular weight is 187 g/mol. The quantitative estimate of drug-likeness (QED) is 0.649. The van der Waals surface area contributed by atoms with E-state index in [4.69, 9.17) is 9.84 Å². The van der Waals surface area contributed by atoms with Gasteiger partial charge in [0.1, 0.15) is 0 Å². The first kappa shape index (κ1) is 10.5. The average Bonchev–Trinajstić information content (AvgIpc) is 2.47. The number of carbonyl (C=O) groups excluding carboxylic acids is 1. The standard InChI is InChI=1S/C9H17NO3/c1-6(11)5-10-9(12)8-3-4-13-7(8)2/h6-8,11H,3-5H2,1-2H3,(H,10,12)/t6-,7?,8?/m0/s1. The fourth-order valence-electron chi connectivity index (χ4n) is 1.46. The molecule has 3 atom stereocenters. The van der Waals surface area contributed by atoms with Gasteiger partial charge in [-0.1, -0.05) is 0 Å². The Morgan fingerprint density at radius 3 is 2.92 bits per heavy atom. The third-order valence-corrected chi connectivity index (χ3v) is 2.28. The summed E-state index contributed by atoms with van der Waals surface area (Å²) in [6, 6.07) is 0. The summed E-state index contributed by atoms with van der Waals surface area (Å²) in [5, 5.41) is 11.6. The normalized spacial score (nSPS) is 30.1. The summed E-state index contributed by atoms with van der Waals surface area (Å²) in [7, 11) is 0. The van der Waals surface area contributed by atoms with Gasteiger partial charge in [-0.15, -0.1) is 0 Å². The Hall–Kier alpha value is -0.610. The van der Waals surface area contributed by atoms with Crippen LogP contribution in [0.5, 0.6) is 0 Å². The second-order valence-corrected chi connectivity index (χ2v) is 3.57. The van der Waals surface area contributed by atoms with Gasteiger partial charge in [0.15, 0.2) is 0 Å². The van der Waals surface area contributed by atoms with Crippen LogP contribution in [0.2, 0.25) is 0 Å². The number of rotatable bonds is 3. The van der Waals surface area contributed by atoms with Crippen LogP contribution in [0.3, 0.4) is 0 Å². The van der Waals surface area contributed by atoms with Gasteiger partial charge in [0.05, 0.1) is 18.1 Å². The molecule has 0 aromatic carbocycles. The third kappa shape index (κ3) is 2.97. The molecule has 1 saturated heterocycles. The second-order valence-electron chi connectivity index (χ2n) is 3.57. The Labute approximate surface area is 78.3 Å². The minimum Gasteiger partial charge on any atom is -0.392 e. The minimum atomic E-state index is -0.485. The van der Waals surface area contributed by atoms with Crippen molar-refractivity contribution >= 4 is 5.91 Å².